The lowest BCUT2D eigenvalue weighted by Crippen LogP contribution is -2.18. The van der Waals surface area contributed by atoms with E-state index in [-0.39, 0.29) is 6.04 Å². The van der Waals surface area contributed by atoms with E-state index in [1.54, 1.807) is 26.2 Å². The van der Waals surface area contributed by atoms with Crippen LogP contribution in [0.2, 0.25) is 5.02 Å². The third-order valence-corrected chi connectivity index (χ3v) is 3.94. The van der Waals surface area contributed by atoms with Crippen LogP contribution in [0.4, 0.5) is 5.69 Å². The minimum Gasteiger partial charge on any atom is -0.495 e. The predicted octanol–water partition coefficient (Wildman–Crippen LogP) is 4.28. The van der Waals surface area contributed by atoms with Crippen molar-refractivity contribution in [2.24, 2.45) is 0 Å². The first-order chi connectivity index (χ1) is 11.0. The highest BCUT2D eigenvalue weighted by Crippen LogP contribution is 2.35. The number of fused-ring (bicyclic) bond motifs is 1. The molecule has 1 aromatic carbocycles. The van der Waals surface area contributed by atoms with Crippen LogP contribution in [0, 0.1) is 0 Å². The summed E-state index contributed by atoms with van der Waals surface area (Å²) in [5.41, 5.74) is 1.79. The molecule has 5 nitrogen and oxygen atoms in total. The van der Waals surface area contributed by atoms with Gasteiger partial charge < -0.3 is 14.8 Å². The maximum atomic E-state index is 12.2. The van der Waals surface area contributed by atoms with Crippen LogP contribution in [0.15, 0.2) is 18.3 Å². The van der Waals surface area contributed by atoms with E-state index in [9.17, 15) is 4.79 Å². The fraction of sp³-hybridized carbons (Fsp3) is 0.412. The van der Waals surface area contributed by atoms with Gasteiger partial charge in [0.1, 0.15) is 11.3 Å². The second-order valence-corrected chi connectivity index (χ2v) is 5.63. The van der Waals surface area contributed by atoms with Gasteiger partial charge in [-0.05, 0) is 32.4 Å². The molecule has 2 aromatic rings. The average molecular weight is 337 g/mol. The molecule has 0 bridgehead atoms. The number of pyridine rings is 1. The normalized spacial score (nSPS) is 12.0. The first-order valence-electron chi connectivity index (χ1n) is 7.61. The highest BCUT2D eigenvalue weighted by Gasteiger charge is 2.19. The summed E-state index contributed by atoms with van der Waals surface area (Å²) in [5.74, 6) is 0.135. The van der Waals surface area contributed by atoms with Gasteiger partial charge in [0.2, 0.25) is 0 Å². The summed E-state index contributed by atoms with van der Waals surface area (Å²) in [6, 6.07) is 3.71. The van der Waals surface area contributed by atoms with Crippen LogP contribution in [0.5, 0.6) is 5.75 Å². The molecule has 2 rings (SSSR count). The molecule has 0 radical (unpaired) electrons. The predicted molar refractivity (Wildman–Crippen MR) is 92.6 cm³/mol. The zero-order valence-electron chi connectivity index (χ0n) is 13.8. The number of carbonyl (C=O) groups is 1. The van der Waals surface area contributed by atoms with E-state index >= 15 is 0 Å². The molecular weight excluding hydrogens is 316 g/mol. The fourth-order valence-corrected chi connectivity index (χ4v) is 2.45. The zero-order valence-corrected chi connectivity index (χ0v) is 14.5. The van der Waals surface area contributed by atoms with Gasteiger partial charge in [-0.2, -0.15) is 0 Å². The number of ether oxygens (including phenoxy) is 2. The Morgan fingerprint density at radius 1 is 1.39 bits per heavy atom. The van der Waals surface area contributed by atoms with Crippen molar-refractivity contribution >= 4 is 34.2 Å². The third kappa shape index (κ3) is 3.67. The number of benzene rings is 1. The summed E-state index contributed by atoms with van der Waals surface area (Å²) in [5, 5.41) is 4.63. The van der Waals surface area contributed by atoms with Crippen molar-refractivity contribution in [3.05, 3.63) is 28.9 Å². The zero-order chi connectivity index (χ0) is 17.0. The van der Waals surface area contributed by atoms with E-state index in [0.29, 0.717) is 34.1 Å². The molecule has 1 N–H and O–H groups in total. The lowest BCUT2D eigenvalue weighted by molar-refractivity contribution is 0.0527. The number of hydrogen-bond acceptors (Lipinski definition) is 5. The van der Waals surface area contributed by atoms with E-state index in [0.717, 1.165) is 11.8 Å². The minimum absolute atomic E-state index is 0.190. The first-order valence-corrected chi connectivity index (χ1v) is 7.99. The lowest BCUT2D eigenvalue weighted by atomic mass is 10.1. The number of carbonyl (C=O) groups excluding carboxylic acids is 1. The van der Waals surface area contributed by atoms with Crippen molar-refractivity contribution in [2.45, 2.75) is 33.2 Å². The first kappa shape index (κ1) is 17.3. The number of nitrogens with zero attached hydrogens (tertiary/aromatic N) is 1. The van der Waals surface area contributed by atoms with Crippen LogP contribution in [0.1, 0.15) is 37.6 Å². The van der Waals surface area contributed by atoms with E-state index in [1.807, 2.05) is 6.92 Å². The maximum absolute atomic E-state index is 12.2. The van der Waals surface area contributed by atoms with Crippen LogP contribution in [-0.4, -0.2) is 30.7 Å². The quantitative estimate of drug-likeness (QED) is 0.797. The van der Waals surface area contributed by atoms with Gasteiger partial charge in [-0.3, -0.25) is 4.98 Å². The summed E-state index contributed by atoms with van der Waals surface area (Å²) in [6.07, 6.45) is 2.44. The highest BCUT2D eigenvalue weighted by molar-refractivity contribution is 6.33. The Hall–Kier alpha value is -2.01. The summed E-state index contributed by atoms with van der Waals surface area (Å²) >= 11 is 6.16. The summed E-state index contributed by atoms with van der Waals surface area (Å²) in [6.45, 7) is 6.21. The largest absolute Gasteiger partial charge is 0.495 e. The van der Waals surface area contributed by atoms with Gasteiger partial charge in [-0.15, -0.1) is 0 Å². The second kappa shape index (κ2) is 7.51. The molecule has 124 valence electrons. The SMILES string of the molecule is CCOC(=O)c1cnc2cc(Cl)c(OC)cc2c1NC(C)CC. The Morgan fingerprint density at radius 2 is 2.13 bits per heavy atom. The molecule has 0 aliphatic heterocycles. The number of rotatable bonds is 6. The molecule has 0 aliphatic carbocycles. The molecule has 1 unspecified atom stereocenters. The van der Waals surface area contributed by atoms with E-state index in [1.165, 1.54) is 6.20 Å². The number of hydrogen-bond donors (Lipinski definition) is 1. The maximum Gasteiger partial charge on any atom is 0.341 e. The Labute approximate surface area is 140 Å². The highest BCUT2D eigenvalue weighted by atomic mass is 35.5. The number of anilines is 1. The van der Waals surface area contributed by atoms with Crippen LogP contribution >= 0.6 is 11.6 Å². The second-order valence-electron chi connectivity index (χ2n) is 5.22. The molecule has 0 fully saturated rings. The molecule has 0 amide bonds. The molecule has 1 atom stereocenters. The van der Waals surface area contributed by atoms with Gasteiger partial charge in [0.05, 0.1) is 29.9 Å². The number of aromatic nitrogens is 1. The van der Waals surface area contributed by atoms with Gasteiger partial charge in [0, 0.05) is 17.6 Å². The smallest absolute Gasteiger partial charge is 0.341 e. The molecule has 0 saturated carbocycles. The van der Waals surface area contributed by atoms with Crippen molar-refractivity contribution in [3.63, 3.8) is 0 Å². The molecule has 0 spiro atoms. The van der Waals surface area contributed by atoms with Crippen molar-refractivity contribution in [3.8, 4) is 5.75 Å². The van der Waals surface area contributed by atoms with Crippen molar-refractivity contribution < 1.29 is 14.3 Å². The molecule has 6 heteroatoms. The van der Waals surface area contributed by atoms with Gasteiger partial charge >= 0.3 is 5.97 Å². The van der Waals surface area contributed by atoms with Gasteiger partial charge in [-0.25, -0.2) is 4.79 Å². The van der Waals surface area contributed by atoms with Gasteiger partial charge in [0.15, 0.2) is 0 Å². The monoisotopic (exact) mass is 336 g/mol. The standard InChI is InChI=1S/C17H21ClN2O3/c1-5-10(3)20-16-11-7-15(22-4)13(18)8-14(11)19-9-12(16)17(21)23-6-2/h7-10H,5-6H2,1-4H3,(H,19,20). The van der Waals surface area contributed by atoms with E-state index in [2.05, 4.69) is 17.2 Å². The minimum atomic E-state index is -0.401. The van der Waals surface area contributed by atoms with E-state index in [4.69, 9.17) is 21.1 Å². The Balaban J connectivity index is 2.68. The van der Waals surface area contributed by atoms with Crippen LogP contribution < -0.4 is 10.1 Å². The van der Waals surface area contributed by atoms with Crippen molar-refractivity contribution in [1.29, 1.82) is 0 Å². The van der Waals surface area contributed by atoms with Crippen molar-refractivity contribution in [1.82, 2.24) is 4.98 Å². The number of esters is 1. The molecule has 0 saturated heterocycles. The van der Waals surface area contributed by atoms with E-state index < -0.39 is 5.97 Å². The van der Waals surface area contributed by atoms with Gasteiger partial charge in [-0.1, -0.05) is 18.5 Å². The lowest BCUT2D eigenvalue weighted by Gasteiger charge is -2.18. The van der Waals surface area contributed by atoms with Gasteiger partial charge in [0.25, 0.3) is 0 Å². The average Bonchev–Trinajstić information content (AvgIpc) is 2.54. The molecule has 23 heavy (non-hydrogen) atoms. The molecule has 1 aromatic heterocycles. The van der Waals surface area contributed by atoms with Crippen molar-refractivity contribution in [2.75, 3.05) is 19.0 Å². The number of halogens is 1. The summed E-state index contributed by atoms with van der Waals surface area (Å²) in [4.78, 5) is 16.6. The van der Waals surface area contributed by atoms with Crippen LogP contribution in [-0.2, 0) is 4.74 Å². The summed E-state index contributed by atoms with van der Waals surface area (Å²) < 4.78 is 10.4. The Morgan fingerprint density at radius 3 is 2.74 bits per heavy atom. The number of nitrogens with one attached hydrogen (secondary N) is 1. The molecular formula is C17H21ClN2O3. The third-order valence-electron chi connectivity index (χ3n) is 3.64. The van der Waals surface area contributed by atoms with Crippen LogP contribution in [0.3, 0.4) is 0 Å². The molecule has 0 aliphatic rings. The summed E-state index contributed by atoms with van der Waals surface area (Å²) in [7, 11) is 1.55. The fourth-order valence-electron chi connectivity index (χ4n) is 2.22. The topological polar surface area (TPSA) is 60.5 Å². The Bertz CT molecular complexity index is 719. The number of methoxy groups -OCH3 is 1. The molecule has 1 heterocycles. The van der Waals surface area contributed by atoms with Crippen LogP contribution in [0.25, 0.3) is 10.9 Å². The Kier molecular flexibility index (Phi) is 5.66.